The summed E-state index contributed by atoms with van der Waals surface area (Å²) in [7, 11) is 1.58. The third kappa shape index (κ3) is 4.28. The monoisotopic (exact) mass is 233 g/mol. The lowest BCUT2D eigenvalue weighted by atomic mass is 10.4. The first-order valence-corrected chi connectivity index (χ1v) is 6.74. The largest absolute Gasteiger partial charge is 0.444 e. The summed E-state index contributed by atoms with van der Waals surface area (Å²) in [5.74, 6) is 3.67. The lowest BCUT2D eigenvalue weighted by Crippen LogP contribution is -2.30. The van der Waals surface area contributed by atoms with E-state index in [9.17, 15) is 4.79 Å². The van der Waals surface area contributed by atoms with Crippen LogP contribution in [-0.2, 0) is 4.74 Å². The molecule has 5 heteroatoms. The van der Waals surface area contributed by atoms with Crippen LogP contribution in [0.3, 0.4) is 0 Å². The zero-order valence-electron chi connectivity index (χ0n) is 8.25. The maximum atomic E-state index is 11.0. The van der Waals surface area contributed by atoms with E-state index in [2.05, 4.69) is 11.9 Å². The Bertz CT molecular complexity index is 209. The molecule has 1 heterocycles. The Morgan fingerprint density at radius 1 is 1.50 bits per heavy atom. The van der Waals surface area contributed by atoms with Gasteiger partial charge in [-0.2, -0.15) is 23.5 Å². The van der Waals surface area contributed by atoms with Gasteiger partial charge in [-0.1, -0.05) is 12.2 Å². The maximum Gasteiger partial charge on any atom is 0.407 e. The third-order valence-corrected chi connectivity index (χ3v) is 4.14. The zero-order chi connectivity index (χ0) is 10.4. The van der Waals surface area contributed by atoms with Gasteiger partial charge in [-0.3, -0.25) is 0 Å². The molecule has 0 radical (unpaired) electrons. The van der Waals surface area contributed by atoms with Gasteiger partial charge < -0.3 is 10.1 Å². The summed E-state index contributed by atoms with van der Waals surface area (Å²) < 4.78 is 5.19. The van der Waals surface area contributed by atoms with Crippen molar-refractivity contribution in [3.63, 3.8) is 0 Å². The predicted octanol–water partition coefficient (Wildman–Crippen LogP) is 1.75. The van der Waals surface area contributed by atoms with Gasteiger partial charge in [0.25, 0.3) is 0 Å². The van der Waals surface area contributed by atoms with Crippen LogP contribution in [0.5, 0.6) is 0 Å². The standard InChI is InChI=1S/C9H15NO2S2/c1-7-3-13-5-8(6-14-4-7)12-9(11)10-2/h8H,1,3-6H2,2H3,(H,10,11). The van der Waals surface area contributed by atoms with Gasteiger partial charge in [0.1, 0.15) is 6.10 Å². The first-order chi connectivity index (χ1) is 6.72. The van der Waals surface area contributed by atoms with Crippen molar-refractivity contribution in [2.45, 2.75) is 6.10 Å². The topological polar surface area (TPSA) is 38.3 Å². The molecule has 1 N–H and O–H groups in total. The van der Waals surface area contributed by atoms with Crippen LogP contribution >= 0.6 is 23.5 Å². The normalized spacial score (nSPS) is 19.6. The molecule has 0 atom stereocenters. The van der Waals surface area contributed by atoms with Crippen molar-refractivity contribution >= 4 is 29.6 Å². The predicted molar refractivity (Wildman–Crippen MR) is 63.1 cm³/mol. The number of alkyl carbamates (subject to hydrolysis) is 1. The summed E-state index contributed by atoms with van der Waals surface area (Å²) in [6.07, 6.45) is -0.311. The molecule has 0 aromatic heterocycles. The van der Waals surface area contributed by atoms with Gasteiger partial charge in [0.15, 0.2) is 0 Å². The van der Waals surface area contributed by atoms with Gasteiger partial charge in [-0.15, -0.1) is 0 Å². The number of hydrogen-bond acceptors (Lipinski definition) is 4. The Morgan fingerprint density at radius 3 is 2.57 bits per heavy atom. The van der Waals surface area contributed by atoms with E-state index in [1.54, 1.807) is 30.6 Å². The fourth-order valence-corrected chi connectivity index (χ4v) is 3.23. The van der Waals surface area contributed by atoms with E-state index in [1.807, 2.05) is 0 Å². The lowest BCUT2D eigenvalue weighted by molar-refractivity contribution is 0.121. The van der Waals surface area contributed by atoms with Gasteiger partial charge in [0, 0.05) is 30.1 Å². The molecule has 0 saturated carbocycles. The van der Waals surface area contributed by atoms with Crippen molar-refractivity contribution in [1.82, 2.24) is 5.32 Å². The van der Waals surface area contributed by atoms with Crippen LogP contribution in [0.2, 0.25) is 0 Å². The summed E-state index contributed by atoms with van der Waals surface area (Å²) in [5, 5.41) is 2.46. The summed E-state index contributed by atoms with van der Waals surface area (Å²) in [6, 6.07) is 0. The highest BCUT2D eigenvalue weighted by molar-refractivity contribution is 8.01. The van der Waals surface area contributed by atoms with Gasteiger partial charge in [-0.05, 0) is 0 Å². The SMILES string of the molecule is C=C1CSCC(OC(=O)NC)CSC1. The molecule has 80 valence electrons. The van der Waals surface area contributed by atoms with Crippen LogP contribution in [0.4, 0.5) is 4.79 Å². The summed E-state index contributed by atoms with van der Waals surface area (Å²) in [5.41, 5.74) is 1.26. The molecule has 3 nitrogen and oxygen atoms in total. The Kier molecular flexibility index (Phi) is 5.25. The fourth-order valence-electron chi connectivity index (χ4n) is 1.04. The quantitative estimate of drug-likeness (QED) is 0.700. The van der Waals surface area contributed by atoms with Crippen molar-refractivity contribution < 1.29 is 9.53 Å². The highest BCUT2D eigenvalue weighted by Gasteiger charge is 2.16. The molecule has 1 rings (SSSR count). The minimum Gasteiger partial charge on any atom is -0.444 e. The lowest BCUT2D eigenvalue weighted by Gasteiger charge is -2.20. The first kappa shape index (κ1) is 11.8. The molecule has 14 heavy (non-hydrogen) atoms. The van der Waals surface area contributed by atoms with Crippen molar-refractivity contribution in [2.75, 3.05) is 30.1 Å². The molecule has 0 spiro atoms. The van der Waals surface area contributed by atoms with Gasteiger partial charge >= 0.3 is 6.09 Å². The van der Waals surface area contributed by atoms with Crippen molar-refractivity contribution in [2.24, 2.45) is 0 Å². The van der Waals surface area contributed by atoms with Crippen molar-refractivity contribution in [1.29, 1.82) is 0 Å². The molecule has 1 aliphatic rings. The minimum absolute atomic E-state index is 0.0260. The Hall–Kier alpha value is -0.290. The van der Waals surface area contributed by atoms with Crippen LogP contribution < -0.4 is 5.32 Å². The summed E-state index contributed by atoms with van der Waals surface area (Å²) in [6.45, 7) is 3.96. The highest BCUT2D eigenvalue weighted by atomic mass is 32.2. The molecule has 1 aliphatic heterocycles. The fraction of sp³-hybridized carbons (Fsp3) is 0.667. The number of thioether (sulfide) groups is 2. The average Bonchev–Trinajstić information content (AvgIpc) is 2.14. The Labute approximate surface area is 93.0 Å². The van der Waals surface area contributed by atoms with Gasteiger partial charge in [0.2, 0.25) is 0 Å². The number of amides is 1. The number of carbonyl (C=O) groups excluding carboxylic acids is 1. The molecule has 0 aliphatic carbocycles. The third-order valence-electron chi connectivity index (χ3n) is 1.70. The van der Waals surface area contributed by atoms with E-state index in [0.29, 0.717) is 0 Å². The van der Waals surface area contributed by atoms with E-state index in [0.717, 1.165) is 23.0 Å². The molecule has 1 saturated heterocycles. The Morgan fingerprint density at radius 2 is 2.07 bits per heavy atom. The summed E-state index contributed by atoms with van der Waals surface area (Å²) >= 11 is 3.56. The average molecular weight is 233 g/mol. The van der Waals surface area contributed by atoms with Crippen LogP contribution in [0.15, 0.2) is 12.2 Å². The molecule has 1 fully saturated rings. The van der Waals surface area contributed by atoms with Crippen molar-refractivity contribution in [3.05, 3.63) is 12.2 Å². The molecular formula is C9H15NO2S2. The number of rotatable bonds is 1. The van der Waals surface area contributed by atoms with Crippen LogP contribution in [0.1, 0.15) is 0 Å². The second-order valence-electron chi connectivity index (χ2n) is 3.06. The molecule has 0 unspecified atom stereocenters. The first-order valence-electron chi connectivity index (χ1n) is 4.43. The van der Waals surface area contributed by atoms with E-state index in [1.165, 1.54) is 5.57 Å². The summed E-state index contributed by atoms with van der Waals surface area (Å²) in [4.78, 5) is 11.0. The van der Waals surface area contributed by atoms with Gasteiger partial charge in [0.05, 0.1) is 0 Å². The maximum absolute atomic E-state index is 11.0. The molecule has 1 amide bonds. The molecular weight excluding hydrogens is 218 g/mol. The van der Waals surface area contributed by atoms with E-state index < -0.39 is 0 Å². The van der Waals surface area contributed by atoms with E-state index >= 15 is 0 Å². The number of nitrogens with one attached hydrogen (secondary N) is 1. The highest BCUT2D eigenvalue weighted by Crippen LogP contribution is 2.20. The van der Waals surface area contributed by atoms with Crippen LogP contribution in [-0.4, -0.2) is 42.3 Å². The number of ether oxygens (including phenoxy) is 1. The number of hydrogen-bond donors (Lipinski definition) is 1. The second-order valence-corrected chi connectivity index (χ2v) is 5.12. The zero-order valence-corrected chi connectivity index (χ0v) is 9.88. The van der Waals surface area contributed by atoms with E-state index in [4.69, 9.17) is 4.74 Å². The molecule has 0 aromatic carbocycles. The Balaban J connectivity index is 2.31. The second kappa shape index (κ2) is 6.24. The van der Waals surface area contributed by atoms with Gasteiger partial charge in [-0.25, -0.2) is 4.79 Å². The van der Waals surface area contributed by atoms with Crippen LogP contribution in [0, 0.1) is 0 Å². The number of carbonyl (C=O) groups is 1. The van der Waals surface area contributed by atoms with Crippen molar-refractivity contribution in [3.8, 4) is 0 Å². The van der Waals surface area contributed by atoms with E-state index in [-0.39, 0.29) is 12.2 Å². The van der Waals surface area contributed by atoms with Crippen LogP contribution in [0.25, 0.3) is 0 Å². The molecule has 0 aromatic rings. The minimum atomic E-state index is -0.337. The molecule has 0 bridgehead atoms. The smallest absolute Gasteiger partial charge is 0.407 e.